The summed E-state index contributed by atoms with van der Waals surface area (Å²) in [6.45, 7) is 3.32. The first-order chi connectivity index (χ1) is 6.60. The first kappa shape index (κ1) is 10.5. The van der Waals surface area contributed by atoms with E-state index in [2.05, 4.69) is 0 Å². The number of nitrogens with zero attached hydrogens (tertiary/aromatic N) is 1. The number of aryl methyl sites for hydroxylation is 1. The molecular formula is C11H12FNO. The Morgan fingerprint density at radius 2 is 2.14 bits per heavy atom. The lowest BCUT2D eigenvalue weighted by Crippen LogP contribution is -1.98. The zero-order valence-electron chi connectivity index (χ0n) is 8.47. The fraction of sp³-hybridized carbons (Fsp3) is 0.364. The van der Waals surface area contributed by atoms with Crippen LogP contribution in [0.1, 0.15) is 24.0 Å². The third kappa shape index (κ3) is 1.85. The number of nitriles is 1. The van der Waals surface area contributed by atoms with Crippen molar-refractivity contribution >= 4 is 0 Å². The molecule has 0 aliphatic carbocycles. The SMILES string of the molecule is COc1cc(C)c(F)c(C(C)C#N)c1. The number of hydrogen-bond donors (Lipinski definition) is 0. The molecule has 0 amide bonds. The van der Waals surface area contributed by atoms with E-state index in [1.54, 1.807) is 26.0 Å². The van der Waals surface area contributed by atoms with Crippen LogP contribution >= 0.6 is 0 Å². The third-order valence-electron chi connectivity index (χ3n) is 2.15. The number of halogens is 1. The van der Waals surface area contributed by atoms with Crippen LogP contribution in [0.5, 0.6) is 5.75 Å². The van der Waals surface area contributed by atoms with Crippen molar-refractivity contribution in [3.8, 4) is 11.8 Å². The normalized spacial score (nSPS) is 11.9. The van der Waals surface area contributed by atoms with Crippen LogP contribution in [0, 0.1) is 24.1 Å². The van der Waals surface area contributed by atoms with Gasteiger partial charge in [0, 0.05) is 5.56 Å². The second kappa shape index (κ2) is 4.10. The summed E-state index contributed by atoms with van der Waals surface area (Å²) in [6.07, 6.45) is 0. The molecule has 0 aliphatic heterocycles. The average Bonchev–Trinajstić information content (AvgIpc) is 2.20. The molecule has 0 saturated heterocycles. The maximum absolute atomic E-state index is 13.5. The zero-order chi connectivity index (χ0) is 10.7. The lowest BCUT2D eigenvalue weighted by atomic mass is 9.99. The summed E-state index contributed by atoms with van der Waals surface area (Å²) in [6, 6.07) is 5.18. The quantitative estimate of drug-likeness (QED) is 0.723. The Hall–Kier alpha value is -1.56. The van der Waals surface area contributed by atoms with E-state index < -0.39 is 5.92 Å². The van der Waals surface area contributed by atoms with Crippen molar-refractivity contribution in [3.63, 3.8) is 0 Å². The highest BCUT2D eigenvalue weighted by Gasteiger charge is 2.13. The fourth-order valence-electron chi connectivity index (χ4n) is 1.27. The fourth-order valence-corrected chi connectivity index (χ4v) is 1.27. The van der Waals surface area contributed by atoms with E-state index in [0.717, 1.165) is 0 Å². The number of ether oxygens (including phenoxy) is 1. The molecule has 1 atom stereocenters. The molecule has 0 spiro atoms. The van der Waals surface area contributed by atoms with Crippen molar-refractivity contribution in [2.45, 2.75) is 19.8 Å². The zero-order valence-corrected chi connectivity index (χ0v) is 8.47. The summed E-state index contributed by atoms with van der Waals surface area (Å²) in [5, 5.41) is 8.71. The Morgan fingerprint density at radius 3 is 2.64 bits per heavy atom. The highest BCUT2D eigenvalue weighted by atomic mass is 19.1. The van der Waals surface area contributed by atoms with Gasteiger partial charge in [-0.3, -0.25) is 0 Å². The lowest BCUT2D eigenvalue weighted by Gasteiger charge is -2.09. The van der Waals surface area contributed by atoms with E-state index in [0.29, 0.717) is 16.9 Å². The van der Waals surface area contributed by atoms with Gasteiger partial charge in [-0.2, -0.15) is 5.26 Å². The number of methoxy groups -OCH3 is 1. The summed E-state index contributed by atoms with van der Waals surface area (Å²) < 4.78 is 18.6. The molecule has 74 valence electrons. The van der Waals surface area contributed by atoms with Crippen molar-refractivity contribution in [2.75, 3.05) is 7.11 Å². The van der Waals surface area contributed by atoms with Gasteiger partial charge in [0.25, 0.3) is 0 Å². The molecule has 1 rings (SSSR count). The highest BCUT2D eigenvalue weighted by Crippen LogP contribution is 2.26. The van der Waals surface area contributed by atoms with Crippen molar-refractivity contribution in [3.05, 3.63) is 29.1 Å². The van der Waals surface area contributed by atoms with Gasteiger partial charge in [0.15, 0.2) is 0 Å². The van der Waals surface area contributed by atoms with Crippen LogP contribution in [0.25, 0.3) is 0 Å². The number of hydrogen-bond acceptors (Lipinski definition) is 2. The van der Waals surface area contributed by atoms with E-state index >= 15 is 0 Å². The van der Waals surface area contributed by atoms with Gasteiger partial charge in [0.05, 0.1) is 19.1 Å². The van der Waals surface area contributed by atoms with Crippen molar-refractivity contribution in [1.82, 2.24) is 0 Å². The van der Waals surface area contributed by atoms with Gasteiger partial charge in [-0.1, -0.05) is 0 Å². The molecule has 0 N–H and O–H groups in total. The van der Waals surface area contributed by atoms with Gasteiger partial charge in [-0.15, -0.1) is 0 Å². The second-order valence-electron chi connectivity index (χ2n) is 3.20. The van der Waals surface area contributed by atoms with Crippen LogP contribution in [0.4, 0.5) is 4.39 Å². The van der Waals surface area contributed by atoms with E-state index in [4.69, 9.17) is 10.00 Å². The van der Waals surface area contributed by atoms with E-state index in [1.165, 1.54) is 7.11 Å². The Morgan fingerprint density at radius 1 is 1.50 bits per heavy atom. The Kier molecular flexibility index (Phi) is 3.08. The molecule has 14 heavy (non-hydrogen) atoms. The standard InChI is InChI=1S/C11H12FNO/c1-7-4-9(14-3)5-10(11(7)12)8(2)6-13/h4-5,8H,1-3H3. The average molecular weight is 193 g/mol. The van der Waals surface area contributed by atoms with E-state index in [9.17, 15) is 4.39 Å². The van der Waals surface area contributed by atoms with Crippen LogP contribution in [0.15, 0.2) is 12.1 Å². The molecule has 0 heterocycles. The maximum Gasteiger partial charge on any atom is 0.130 e. The van der Waals surface area contributed by atoms with Crippen molar-refractivity contribution < 1.29 is 9.13 Å². The van der Waals surface area contributed by atoms with Gasteiger partial charge in [0.2, 0.25) is 0 Å². The van der Waals surface area contributed by atoms with Crippen LogP contribution < -0.4 is 4.74 Å². The summed E-state index contributed by atoms with van der Waals surface area (Å²) in [7, 11) is 1.52. The highest BCUT2D eigenvalue weighted by molar-refractivity contribution is 5.38. The molecule has 3 heteroatoms. The first-order valence-corrected chi connectivity index (χ1v) is 4.33. The van der Waals surface area contributed by atoms with Crippen molar-refractivity contribution in [1.29, 1.82) is 5.26 Å². The van der Waals surface area contributed by atoms with Gasteiger partial charge in [0.1, 0.15) is 11.6 Å². The molecule has 0 bridgehead atoms. The molecule has 1 aromatic carbocycles. The van der Waals surface area contributed by atoms with Gasteiger partial charge in [-0.05, 0) is 31.5 Å². The molecule has 1 aromatic rings. The molecular weight excluding hydrogens is 181 g/mol. The minimum absolute atomic E-state index is 0.320. The topological polar surface area (TPSA) is 33.0 Å². The molecule has 0 saturated carbocycles. The number of benzene rings is 1. The molecule has 1 unspecified atom stereocenters. The summed E-state index contributed by atoms with van der Waals surface area (Å²) in [5.74, 6) is -0.190. The molecule has 0 aliphatic rings. The van der Waals surface area contributed by atoms with Gasteiger partial charge >= 0.3 is 0 Å². The van der Waals surface area contributed by atoms with E-state index in [1.807, 2.05) is 6.07 Å². The Labute approximate surface area is 82.9 Å². The third-order valence-corrected chi connectivity index (χ3v) is 2.15. The predicted molar refractivity (Wildman–Crippen MR) is 51.7 cm³/mol. The molecule has 2 nitrogen and oxygen atoms in total. The largest absolute Gasteiger partial charge is 0.497 e. The summed E-state index contributed by atoms with van der Waals surface area (Å²) >= 11 is 0. The van der Waals surface area contributed by atoms with Crippen LogP contribution in [0.3, 0.4) is 0 Å². The Bertz CT molecular complexity index is 382. The van der Waals surface area contributed by atoms with Crippen molar-refractivity contribution in [2.24, 2.45) is 0 Å². The maximum atomic E-state index is 13.5. The monoisotopic (exact) mass is 193 g/mol. The summed E-state index contributed by atoms with van der Waals surface area (Å²) in [5.41, 5.74) is 0.894. The molecule has 0 aromatic heterocycles. The van der Waals surface area contributed by atoms with Crippen LogP contribution in [0.2, 0.25) is 0 Å². The van der Waals surface area contributed by atoms with E-state index in [-0.39, 0.29) is 5.82 Å². The molecule has 0 radical (unpaired) electrons. The molecule has 0 fully saturated rings. The lowest BCUT2D eigenvalue weighted by molar-refractivity contribution is 0.412. The Balaban J connectivity index is 3.28. The minimum Gasteiger partial charge on any atom is -0.497 e. The van der Waals surface area contributed by atoms with Gasteiger partial charge in [-0.25, -0.2) is 4.39 Å². The second-order valence-corrected chi connectivity index (χ2v) is 3.20. The smallest absolute Gasteiger partial charge is 0.130 e. The predicted octanol–water partition coefficient (Wildman–Crippen LogP) is 2.77. The van der Waals surface area contributed by atoms with Crippen LogP contribution in [-0.4, -0.2) is 7.11 Å². The minimum atomic E-state index is -0.455. The van der Waals surface area contributed by atoms with Gasteiger partial charge < -0.3 is 4.74 Å². The first-order valence-electron chi connectivity index (χ1n) is 4.33. The summed E-state index contributed by atoms with van der Waals surface area (Å²) in [4.78, 5) is 0. The van der Waals surface area contributed by atoms with Crippen LogP contribution in [-0.2, 0) is 0 Å². The number of rotatable bonds is 2.